The molecule has 0 spiro atoms. The maximum Gasteiger partial charge on any atom is 0.148 e. The maximum atomic E-state index is 10.9. The van der Waals surface area contributed by atoms with Crippen molar-refractivity contribution >= 4 is 27.4 Å². The third-order valence-electron chi connectivity index (χ3n) is 1.97. The zero-order valence-corrected chi connectivity index (χ0v) is 11.1. The summed E-state index contributed by atoms with van der Waals surface area (Å²) >= 11 is 1.54. The van der Waals surface area contributed by atoms with E-state index in [1.165, 1.54) is 18.0 Å². The van der Waals surface area contributed by atoms with Gasteiger partial charge < -0.3 is 5.73 Å². The van der Waals surface area contributed by atoms with Crippen LogP contribution in [0.3, 0.4) is 0 Å². The molecule has 1 aromatic heterocycles. The number of nitrogens with zero attached hydrogens (tertiary/aromatic N) is 1. The standard InChI is InChI=1S/C10H15N3O2S2/c1-17(14,15)5-4-16-7-8-2-3-13-9(6-8)10(11)12/h2-3,6H,4-5,7H2,1H3,(H3,11,12). The molecular formula is C10H15N3O2S2. The third kappa shape index (κ3) is 5.69. The minimum Gasteiger partial charge on any atom is -0.382 e. The topological polar surface area (TPSA) is 96.9 Å². The van der Waals surface area contributed by atoms with Crippen molar-refractivity contribution in [3.8, 4) is 0 Å². The first kappa shape index (κ1) is 14.0. The van der Waals surface area contributed by atoms with Crippen LogP contribution < -0.4 is 5.73 Å². The van der Waals surface area contributed by atoms with Gasteiger partial charge in [-0.2, -0.15) is 11.8 Å². The Bertz CT molecular complexity index is 500. The summed E-state index contributed by atoms with van der Waals surface area (Å²) in [5.41, 5.74) is 6.77. The number of hydrogen-bond donors (Lipinski definition) is 2. The second kappa shape index (κ2) is 6.02. The number of nitrogen functional groups attached to an aromatic ring is 1. The van der Waals surface area contributed by atoms with Crippen molar-refractivity contribution in [1.82, 2.24) is 4.98 Å². The van der Waals surface area contributed by atoms with Crippen LogP contribution in [-0.4, -0.2) is 37.0 Å². The van der Waals surface area contributed by atoms with Crippen LogP contribution in [0.5, 0.6) is 0 Å². The Kier molecular flexibility index (Phi) is 4.95. The summed E-state index contributed by atoms with van der Waals surface area (Å²) in [7, 11) is -2.89. The van der Waals surface area contributed by atoms with E-state index in [4.69, 9.17) is 11.1 Å². The lowest BCUT2D eigenvalue weighted by molar-refractivity contribution is 0.603. The van der Waals surface area contributed by atoms with Crippen molar-refractivity contribution in [2.24, 2.45) is 5.73 Å². The van der Waals surface area contributed by atoms with Gasteiger partial charge in [-0.05, 0) is 17.7 Å². The Morgan fingerprint density at radius 1 is 1.59 bits per heavy atom. The highest BCUT2D eigenvalue weighted by Gasteiger charge is 2.03. The van der Waals surface area contributed by atoms with Gasteiger partial charge in [0.15, 0.2) is 0 Å². The van der Waals surface area contributed by atoms with Crippen LogP contribution in [0.2, 0.25) is 0 Å². The van der Waals surface area contributed by atoms with E-state index >= 15 is 0 Å². The van der Waals surface area contributed by atoms with Gasteiger partial charge in [0.2, 0.25) is 0 Å². The highest BCUT2D eigenvalue weighted by molar-refractivity contribution is 7.99. The molecule has 3 N–H and O–H groups in total. The number of aromatic nitrogens is 1. The first-order chi connectivity index (χ1) is 7.88. The van der Waals surface area contributed by atoms with Gasteiger partial charge in [0.05, 0.1) is 5.75 Å². The SMILES string of the molecule is CS(=O)(=O)CCSCc1ccnc(C(=N)N)c1. The summed E-state index contributed by atoms with van der Waals surface area (Å²) in [6.45, 7) is 0. The summed E-state index contributed by atoms with van der Waals surface area (Å²) < 4.78 is 21.8. The predicted octanol–water partition coefficient (Wildman–Crippen LogP) is 0.643. The predicted molar refractivity (Wildman–Crippen MR) is 71.1 cm³/mol. The molecule has 0 aromatic carbocycles. The molecule has 0 radical (unpaired) electrons. The van der Waals surface area contributed by atoms with Crippen molar-refractivity contribution in [2.75, 3.05) is 17.8 Å². The van der Waals surface area contributed by atoms with Crippen LogP contribution in [0.15, 0.2) is 18.3 Å². The quantitative estimate of drug-likeness (QED) is 0.450. The fourth-order valence-electron chi connectivity index (χ4n) is 1.11. The Balaban J connectivity index is 2.47. The average Bonchev–Trinajstić information content (AvgIpc) is 2.23. The van der Waals surface area contributed by atoms with E-state index in [2.05, 4.69) is 4.98 Å². The van der Waals surface area contributed by atoms with E-state index in [9.17, 15) is 8.42 Å². The summed E-state index contributed by atoms with van der Waals surface area (Å²) in [6.07, 6.45) is 2.83. The molecule has 1 rings (SSSR count). The molecule has 0 amide bonds. The molecule has 0 fully saturated rings. The molecule has 0 aliphatic heterocycles. The largest absolute Gasteiger partial charge is 0.382 e. The molecule has 1 heterocycles. The molecule has 5 nitrogen and oxygen atoms in total. The fourth-order valence-corrected chi connectivity index (χ4v) is 3.35. The monoisotopic (exact) mass is 273 g/mol. The molecule has 94 valence electrons. The molecule has 0 atom stereocenters. The molecule has 0 unspecified atom stereocenters. The van der Waals surface area contributed by atoms with Crippen LogP contribution in [0.1, 0.15) is 11.3 Å². The summed E-state index contributed by atoms with van der Waals surface area (Å²) in [5.74, 6) is 1.38. The van der Waals surface area contributed by atoms with Crippen LogP contribution in [-0.2, 0) is 15.6 Å². The van der Waals surface area contributed by atoms with E-state index in [1.54, 1.807) is 12.3 Å². The number of hydrogen-bond acceptors (Lipinski definition) is 5. The Morgan fingerprint density at radius 2 is 2.29 bits per heavy atom. The molecule has 7 heteroatoms. The summed E-state index contributed by atoms with van der Waals surface area (Å²) in [4.78, 5) is 3.95. The lowest BCUT2D eigenvalue weighted by Gasteiger charge is -2.03. The van der Waals surface area contributed by atoms with Crippen molar-refractivity contribution < 1.29 is 8.42 Å². The molecule has 17 heavy (non-hydrogen) atoms. The lowest BCUT2D eigenvalue weighted by Crippen LogP contribution is -2.13. The molecule has 0 aliphatic carbocycles. The summed E-state index contributed by atoms with van der Waals surface area (Å²) in [5, 5.41) is 7.26. The van der Waals surface area contributed by atoms with Crippen molar-refractivity contribution in [2.45, 2.75) is 5.75 Å². The number of amidine groups is 1. The van der Waals surface area contributed by atoms with Gasteiger partial charge in [0.1, 0.15) is 21.4 Å². The smallest absolute Gasteiger partial charge is 0.148 e. The van der Waals surface area contributed by atoms with E-state index < -0.39 is 9.84 Å². The van der Waals surface area contributed by atoms with Crippen molar-refractivity contribution in [1.29, 1.82) is 5.41 Å². The average molecular weight is 273 g/mol. The zero-order valence-electron chi connectivity index (χ0n) is 9.51. The van der Waals surface area contributed by atoms with Crippen LogP contribution in [0.25, 0.3) is 0 Å². The van der Waals surface area contributed by atoms with Gasteiger partial charge in [0.25, 0.3) is 0 Å². The molecule has 0 bridgehead atoms. The van der Waals surface area contributed by atoms with Gasteiger partial charge in [-0.25, -0.2) is 8.42 Å². The van der Waals surface area contributed by atoms with E-state index in [0.717, 1.165) is 5.56 Å². The highest BCUT2D eigenvalue weighted by atomic mass is 32.2. The minimum absolute atomic E-state index is 0.0621. The Hall–Kier alpha value is -1.08. The normalized spacial score (nSPS) is 11.4. The van der Waals surface area contributed by atoms with Crippen molar-refractivity contribution in [3.05, 3.63) is 29.6 Å². The maximum absolute atomic E-state index is 10.9. The molecular weight excluding hydrogens is 258 g/mol. The zero-order chi connectivity index (χ0) is 12.9. The van der Waals surface area contributed by atoms with Gasteiger partial charge in [-0.15, -0.1) is 0 Å². The van der Waals surface area contributed by atoms with Crippen LogP contribution in [0.4, 0.5) is 0 Å². The van der Waals surface area contributed by atoms with E-state index in [0.29, 0.717) is 17.2 Å². The Morgan fingerprint density at radius 3 is 2.88 bits per heavy atom. The fraction of sp³-hybridized carbons (Fsp3) is 0.400. The number of rotatable bonds is 6. The van der Waals surface area contributed by atoms with Gasteiger partial charge >= 0.3 is 0 Å². The summed E-state index contributed by atoms with van der Waals surface area (Å²) in [6, 6.07) is 3.58. The number of pyridine rings is 1. The third-order valence-corrected chi connectivity index (χ3v) is 4.20. The van der Waals surface area contributed by atoms with Crippen LogP contribution in [0, 0.1) is 5.41 Å². The van der Waals surface area contributed by atoms with Gasteiger partial charge in [-0.1, -0.05) is 0 Å². The first-order valence-corrected chi connectivity index (χ1v) is 8.15. The van der Waals surface area contributed by atoms with Gasteiger partial charge in [-0.3, -0.25) is 10.4 Å². The second-order valence-corrected chi connectivity index (χ2v) is 7.01. The lowest BCUT2D eigenvalue weighted by atomic mass is 10.2. The molecule has 0 saturated carbocycles. The first-order valence-electron chi connectivity index (χ1n) is 4.93. The molecule has 1 aromatic rings. The second-order valence-electron chi connectivity index (χ2n) is 3.65. The van der Waals surface area contributed by atoms with E-state index in [-0.39, 0.29) is 11.6 Å². The van der Waals surface area contributed by atoms with E-state index in [1.807, 2.05) is 6.07 Å². The van der Waals surface area contributed by atoms with Crippen LogP contribution >= 0.6 is 11.8 Å². The highest BCUT2D eigenvalue weighted by Crippen LogP contribution is 2.12. The number of sulfone groups is 1. The minimum atomic E-state index is -2.89. The number of nitrogens with two attached hydrogens (primary N) is 1. The molecule has 0 saturated heterocycles. The molecule has 0 aliphatic rings. The van der Waals surface area contributed by atoms with Crippen molar-refractivity contribution in [3.63, 3.8) is 0 Å². The Labute approximate surface area is 105 Å². The number of nitrogens with one attached hydrogen (secondary N) is 1. The number of thioether (sulfide) groups is 1. The van der Waals surface area contributed by atoms with Gasteiger partial charge in [0, 0.05) is 24.0 Å².